The molecule has 2 fully saturated rings. The van der Waals surface area contributed by atoms with Crippen molar-refractivity contribution in [2.24, 2.45) is 11.3 Å². The van der Waals surface area contributed by atoms with Crippen LogP contribution in [0.15, 0.2) is 0 Å². The second-order valence-corrected chi connectivity index (χ2v) is 8.78. The molecule has 154 valence electrons. The summed E-state index contributed by atoms with van der Waals surface area (Å²) in [5.41, 5.74) is -0.565. The van der Waals surface area contributed by atoms with E-state index in [1.807, 2.05) is 13.8 Å². The van der Waals surface area contributed by atoms with Crippen LogP contribution in [0.1, 0.15) is 66.7 Å². The Morgan fingerprint density at radius 2 is 1.93 bits per heavy atom. The molecule has 0 radical (unpaired) electrons. The quantitative estimate of drug-likeness (QED) is 0.562. The summed E-state index contributed by atoms with van der Waals surface area (Å²) in [6.45, 7) is 11.8. The number of nitrogens with one attached hydrogen (secondary N) is 3. The van der Waals surface area contributed by atoms with E-state index in [2.05, 4.69) is 36.7 Å². The van der Waals surface area contributed by atoms with E-state index in [1.165, 1.54) is 0 Å². The first-order valence-electron chi connectivity index (χ1n) is 10.3. The molecule has 1 atom stereocenters. The summed E-state index contributed by atoms with van der Waals surface area (Å²) in [6, 6.07) is -0.298. The molecular formula is C20H36N4O3. The number of urea groups is 1. The van der Waals surface area contributed by atoms with Crippen LogP contribution >= 0.6 is 0 Å². The molecule has 1 aliphatic carbocycles. The van der Waals surface area contributed by atoms with Crippen LogP contribution in [0.4, 0.5) is 4.79 Å². The smallest absolute Gasteiger partial charge is 0.325 e. The molecule has 2 aliphatic rings. The van der Waals surface area contributed by atoms with Crippen LogP contribution in [0.25, 0.3) is 0 Å². The van der Waals surface area contributed by atoms with Gasteiger partial charge in [-0.2, -0.15) is 0 Å². The van der Waals surface area contributed by atoms with Gasteiger partial charge in [0.25, 0.3) is 5.91 Å². The van der Waals surface area contributed by atoms with Gasteiger partial charge in [0, 0.05) is 12.6 Å². The number of amides is 4. The summed E-state index contributed by atoms with van der Waals surface area (Å²) in [7, 11) is 0. The topological polar surface area (TPSA) is 90.5 Å². The molecule has 1 heterocycles. The summed E-state index contributed by atoms with van der Waals surface area (Å²) in [6.07, 6.45) is 4.26. The normalized spacial score (nSPS) is 27.0. The number of rotatable bonds is 8. The number of hydrogen-bond acceptors (Lipinski definition) is 4. The van der Waals surface area contributed by atoms with E-state index in [0.29, 0.717) is 25.3 Å². The number of imide groups is 1. The summed E-state index contributed by atoms with van der Waals surface area (Å²) in [5.74, 6) is 0.0129. The Balaban J connectivity index is 1.92. The Kier molecular flexibility index (Phi) is 6.89. The third-order valence-electron chi connectivity index (χ3n) is 6.56. The van der Waals surface area contributed by atoms with E-state index < -0.39 is 11.6 Å². The van der Waals surface area contributed by atoms with Gasteiger partial charge < -0.3 is 16.0 Å². The summed E-state index contributed by atoms with van der Waals surface area (Å²) >= 11 is 0. The molecule has 0 unspecified atom stereocenters. The van der Waals surface area contributed by atoms with E-state index >= 15 is 0 Å². The Labute approximate surface area is 163 Å². The molecule has 2 rings (SSSR count). The van der Waals surface area contributed by atoms with Crippen LogP contribution in [0.3, 0.4) is 0 Å². The molecule has 3 N–H and O–H groups in total. The SMILES string of the molecule is CCN[C@H](C)CNC(=O)CN1C(=O)NC2(CCC(C(C)(C)CC)CC2)C1=O. The van der Waals surface area contributed by atoms with Gasteiger partial charge in [-0.1, -0.05) is 34.1 Å². The van der Waals surface area contributed by atoms with Gasteiger partial charge in [-0.25, -0.2) is 4.79 Å². The zero-order valence-electron chi connectivity index (χ0n) is 17.5. The number of hydrogen-bond donors (Lipinski definition) is 3. The summed E-state index contributed by atoms with van der Waals surface area (Å²) in [4.78, 5) is 38.6. The zero-order chi connectivity index (χ0) is 20.2. The summed E-state index contributed by atoms with van der Waals surface area (Å²) < 4.78 is 0. The highest BCUT2D eigenvalue weighted by Crippen LogP contribution is 2.45. The van der Waals surface area contributed by atoms with Crippen LogP contribution in [0.5, 0.6) is 0 Å². The van der Waals surface area contributed by atoms with Crippen molar-refractivity contribution >= 4 is 17.8 Å². The molecule has 1 saturated heterocycles. The highest BCUT2D eigenvalue weighted by molar-refractivity contribution is 6.09. The largest absolute Gasteiger partial charge is 0.353 e. The van der Waals surface area contributed by atoms with Crippen LogP contribution < -0.4 is 16.0 Å². The van der Waals surface area contributed by atoms with E-state index in [-0.39, 0.29) is 29.8 Å². The minimum atomic E-state index is -0.811. The average Bonchev–Trinajstić information content (AvgIpc) is 2.85. The van der Waals surface area contributed by atoms with Gasteiger partial charge in [0.05, 0.1) is 0 Å². The fourth-order valence-corrected chi connectivity index (χ4v) is 4.23. The zero-order valence-corrected chi connectivity index (χ0v) is 17.5. The lowest BCUT2D eigenvalue weighted by molar-refractivity contribution is -0.136. The number of carbonyl (C=O) groups is 3. The van der Waals surface area contributed by atoms with Crippen molar-refractivity contribution in [3.63, 3.8) is 0 Å². The fourth-order valence-electron chi connectivity index (χ4n) is 4.23. The van der Waals surface area contributed by atoms with Crippen molar-refractivity contribution in [3.8, 4) is 0 Å². The maximum atomic E-state index is 12.9. The molecule has 4 amide bonds. The molecule has 0 aromatic rings. The number of nitrogens with zero attached hydrogens (tertiary/aromatic N) is 1. The molecule has 27 heavy (non-hydrogen) atoms. The molecule has 1 aliphatic heterocycles. The molecule has 0 bridgehead atoms. The first kappa shape index (κ1) is 21.7. The highest BCUT2D eigenvalue weighted by Gasteiger charge is 2.53. The van der Waals surface area contributed by atoms with E-state index in [0.717, 1.165) is 30.7 Å². The van der Waals surface area contributed by atoms with E-state index in [4.69, 9.17) is 0 Å². The second kappa shape index (κ2) is 8.59. The Morgan fingerprint density at radius 1 is 1.30 bits per heavy atom. The average molecular weight is 381 g/mol. The first-order valence-corrected chi connectivity index (χ1v) is 10.3. The minimum Gasteiger partial charge on any atom is -0.353 e. The van der Waals surface area contributed by atoms with Crippen LogP contribution in [-0.2, 0) is 9.59 Å². The van der Waals surface area contributed by atoms with Crippen molar-refractivity contribution in [1.82, 2.24) is 20.9 Å². The van der Waals surface area contributed by atoms with Gasteiger partial charge in [-0.05, 0) is 50.5 Å². The summed E-state index contributed by atoms with van der Waals surface area (Å²) in [5, 5.41) is 8.89. The van der Waals surface area contributed by atoms with Crippen LogP contribution in [0.2, 0.25) is 0 Å². The van der Waals surface area contributed by atoms with E-state index in [9.17, 15) is 14.4 Å². The van der Waals surface area contributed by atoms with Crippen molar-refractivity contribution in [3.05, 3.63) is 0 Å². The third-order valence-corrected chi connectivity index (χ3v) is 6.56. The van der Waals surface area contributed by atoms with Gasteiger partial charge in [0.1, 0.15) is 12.1 Å². The predicted octanol–water partition coefficient (Wildman–Crippen LogP) is 2.02. The molecule has 1 spiro atoms. The van der Waals surface area contributed by atoms with Crippen LogP contribution in [0, 0.1) is 11.3 Å². The van der Waals surface area contributed by atoms with Gasteiger partial charge in [0.15, 0.2) is 0 Å². The van der Waals surface area contributed by atoms with Crippen molar-refractivity contribution in [2.75, 3.05) is 19.6 Å². The Bertz CT molecular complexity index is 568. The number of likely N-dealkylation sites (N-methyl/N-ethyl adjacent to an activating group) is 1. The molecule has 0 aromatic heterocycles. The number of carbonyl (C=O) groups excluding carboxylic acids is 3. The van der Waals surface area contributed by atoms with Crippen molar-refractivity contribution in [2.45, 2.75) is 78.3 Å². The van der Waals surface area contributed by atoms with Gasteiger partial charge >= 0.3 is 6.03 Å². The molecule has 7 nitrogen and oxygen atoms in total. The van der Waals surface area contributed by atoms with E-state index in [1.54, 1.807) is 0 Å². The van der Waals surface area contributed by atoms with Gasteiger partial charge in [0.2, 0.25) is 5.91 Å². The Hall–Kier alpha value is -1.63. The second-order valence-electron chi connectivity index (χ2n) is 8.78. The first-order chi connectivity index (χ1) is 12.6. The molecule has 7 heteroatoms. The minimum absolute atomic E-state index is 0.144. The fraction of sp³-hybridized carbons (Fsp3) is 0.850. The van der Waals surface area contributed by atoms with Gasteiger partial charge in [-0.3, -0.25) is 14.5 Å². The predicted molar refractivity (Wildman–Crippen MR) is 105 cm³/mol. The lowest BCUT2D eigenvalue weighted by Gasteiger charge is -2.42. The molecule has 1 saturated carbocycles. The lowest BCUT2D eigenvalue weighted by atomic mass is 9.65. The maximum absolute atomic E-state index is 12.9. The third kappa shape index (κ3) is 4.81. The molecular weight excluding hydrogens is 344 g/mol. The Morgan fingerprint density at radius 3 is 2.48 bits per heavy atom. The van der Waals surface area contributed by atoms with Gasteiger partial charge in [-0.15, -0.1) is 0 Å². The molecule has 0 aromatic carbocycles. The van der Waals surface area contributed by atoms with Crippen LogP contribution in [-0.4, -0.2) is 54.0 Å². The highest BCUT2D eigenvalue weighted by atomic mass is 16.2. The standard InChI is InChI=1S/C20H36N4O3/c1-6-19(4,5)15-8-10-20(11-9-15)17(26)24(18(27)23-20)13-16(25)22-12-14(3)21-7-2/h14-15,21H,6-13H2,1-5H3,(H,22,25)(H,23,27)/t14-,15?,20?/m1/s1. The van der Waals surface area contributed by atoms with Crippen molar-refractivity contribution in [1.29, 1.82) is 0 Å². The lowest BCUT2D eigenvalue weighted by Crippen LogP contribution is -2.51. The van der Waals surface area contributed by atoms with Crippen molar-refractivity contribution < 1.29 is 14.4 Å². The maximum Gasteiger partial charge on any atom is 0.325 e. The monoisotopic (exact) mass is 380 g/mol.